The second kappa shape index (κ2) is 13.3. The van der Waals surface area contributed by atoms with Gasteiger partial charge in [0.2, 0.25) is 0 Å². The van der Waals surface area contributed by atoms with E-state index in [1.165, 1.54) is 44.5 Å². The fourth-order valence-electron chi connectivity index (χ4n) is 2.27. The minimum absolute atomic E-state index is 0. The zero-order valence-corrected chi connectivity index (χ0v) is 21.3. The molecule has 2 rings (SSSR count). The van der Waals surface area contributed by atoms with Gasteiger partial charge in [0.05, 0.1) is 0 Å². The van der Waals surface area contributed by atoms with Gasteiger partial charge in [-0.1, -0.05) is 55.4 Å². The first kappa shape index (κ1) is 30.9. The Balaban J connectivity index is -0.000000125. The van der Waals surface area contributed by atoms with E-state index in [9.17, 15) is 0 Å². The Morgan fingerprint density at radius 3 is 0.591 bits per heavy atom. The van der Waals surface area contributed by atoms with Crippen LogP contribution in [0.2, 0.25) is 0 Å². The predicted octanol–water partition coefficient (Wildman–Crippen LogP) is -0.719. The molecule has 0 aromatic heterocycles. The zero-order valence-electron chi connectivity index (χ0n) is 14.9. The summed E-state index contributed by atoms with van der Waals surface area (Å²) in [5, 5.41) is 0. The van der Waals surface area contributed by atoms with Crippen LogP contribution in [0.4, 0.5) is 0 Å². The van der Waals surface area contributed by atoms with Crippen LogP contribution < -0.4 is 24.8 Å². The van der Waals surface area contributed by atoms with E-state index < -0.39 is 0 Å². The Hall–Kier alpha value is 1.05. The molecule has 0 unspecified atom stereocenters. The molecular formula is C18H26Cl2Zr2+4. The second-order valence-electron chi connectivity index (χ2n) is 5.52. The van der Waals surface area contributed by atoms with Crippen molar-refractivity contribution in [2.24, 2.45) is 0 Å². The molecule has 0 saturated carbocycles. The van der Waals surface area contributed by atoms with E-state index in [-0.39, 0.29) is 77.2 Å². The molecule has 0 radical (unpaired) electrons. The first-order valence-corrected chi connectivity index (χ1v) is 6.65. The van der Waals surface area contributed by atoms with Crippen molar-refractivity contribution in [2.45, 2.75) is 55.4 Å². The van der Waals surface area contributed by atoms with Crippen LogP contribution >= 0.6 is 0 Å². The van der Waals surface area contributed by atoms with Crippen LogP contribution in [0.5, 0.6) is 0 Å². The molecule has 2 aromatic rings. The average molecular weight is 496 g/mol. The van der Waals surface area contributed by atoms with Gasteiger partial charge in [-0.15, -0.1) is 0 Å². The van der Waals surface area contributed by atoms with E-state index >= 15 is 0 Å². The standard InChI is InChI=1S/2C9H13.2ClH.2Zr/c2*1-6-5-7(2)9(4)8(6)3;;;;/h2*5H,1-4H3;2*1H;;/q2*-1;;;2*+4/p-2. The van der Waals surface area contributed by atoms with Crippen molar-refractivity contribution < 1.29 is 77.2 Å². The molecule has 0 heterocycles. The summed E-state index contributed by atoms with van der Waals surface area (Å²) in [5.41, 5.74) is 11.5. The number of hydrogen-bond donors (Lipinski definition) is 0. The van der Waals surface area contributed by atoms with Crippen molar-refractivity contribution in [3.63, 3.8) is 0 Å². The minimum Gasteiger partial charge on any atom is -1.00 e. The molecule has 0 bridgehead atoms. The maximum Gasteiger partial charge on any atom is 4.00 e. The molecule has 116 valence electrons. The molecule has 0 N–H and O–H groups in total. The van der Waals surface area contributed by atoms with Gasteiger partial charge in [-0.25, -0.2) is 0 Å². The first-order valence-electron chi connectivity index (χ1n) is 6.65. The van der Waals surface area contributed by atoms with Crippen LogP contribution in [0.25, 0.3) is 0 Å². The Morgan fingerprint density at radius 2 is 0.545 bits per heavy atom. The molecule has 4 heteroatoms. The van der Waals surface area contributed by atoms with Gasteiger partial charge in [0.15, 0.2) is 0 Å². The summed E-state index contributed by atoms with van der Waals surface area (Å²) in [4.78, 5) is 0. The summed E-state index contributed by atoms with van der Waals surface area (Å²) < 4.78 is 0. The van der Waals surface area contributed by atoms with Gasteiger partial charge in [0.25, 0.3) is 0 Å². The van der Waals surface area contributed by atoms with Gasteiger partial charge in [-0.05, 0) is 0 Å². The van der Waals surface area contributed by atoms with Crippen molar-refractivity contribution in [3.05, 3.63) is 56.6 Å². The third-order valence-corrected chi connectivity index (χ3v) is 4.36. The van der Waals surface area contributed by atoms with Crippen LogP contribution in [-0.4, -0.2) is 0 Å². The number of hydrogen-bond acceptors (Lipinski definition) is 0. The summed E-state index contributed by atoms with van der Waals surface area (Å²) in [5.74, 6) is 0. The van der Waals surface area contributed by atoms with E-state index in [1.54, 1.807) is 0 Å². The Morgan fingerprint density at radius 1 is 0.409 bits per heavy atom. The smallest absolute Gasteiger partial charge is 1.00 e. The SMILES string of the molecule is Cc1[cH-]c(C)c(C)c1C.Cc1[cH-]c(C)c(C)c1C.[Cl-].[Cl-].[Zr+4].[Zr+4]. The van der Waals surface area contributed by atoms with E-state index in [0.29, 0.717) is 0 Å². The third-order valence-electron chi connectivity index (χ3n) is 4.36. The molecule has 0 nitrogen and oxygen atoms in total. The van der Waals surface area contributed by atoms with Gasteiger partial charge in [-0.2, -0.15) is 56.6 Å². The van der Waals surface area contributed by atoms with E-state index in [4.69, 9.17) is 0 Å². The molecule has 0 aliphatic carbocycles. The molecule has 0 spiro atoms. The minimum atomic E-state index is 0. The Bertz CT molecular complexity index is 457. The quantitative estimate of drug-likeness (QED) is 0.424. The molecular weight excluding hydrogens is 470 g/mol. The van der Waals surface area contributed by atoms with Gasteiger partial charge >= 0.3 is 52.4 Å². The fraction of sp³-hybridized carbons (Fsp3) is 0.444. The Labute approximate surface area is 187 Å². The van der Waals surface area contributed by atoms with Crippen LogP contribution in [0.15, 0.2) is 12.1 Å². The largest absolute Gasteiger partial charge is 4.00 e. The van der Waals surface area contributed by atoms with Gasteiger partial charge in [0.1, 0.15) is 0 Å². The molecule has 0 aliphatic rings. The maximum absolute atomic E-state index is 2.24. The summed E-state index contributed by atoms with van der Waals surface area (Å²) in [6.45, 7) is 17.4. The van der Waals surface area contributed by atoms with Gasteiger partial charge in [0, 0.05) is 0 Å². The second-order valence-corrected chi connectivity index (χ2v) is 5.52. The number of aryl methyl sites for hydroxylation is 4. The molecule has 0 atom stereocenters. The topological polar surface area (TPSA) is 0 Å². The molecule has 0 amide bonds. The Kier molecular flexibility index (Phi) is 18.7. The van der Waals surface area contributed by atoms with Crippen molar-refractivity contribution in [1.82, 2.24) is 0 Å². The zero-order chi connectivity index (χ0) is 14.0. The third kappa shape index (κ3) is 7.74. The molecule has 0 saturated heterocycles. The summed E-state index contributed by atoms with van der Waals surface area (Å²) in [7, 11) is 0. The number of halogens is 2. The van der Waals surface area contributed by atoms with Crippen molar-refractivity contribution >= 4 is 0 Å². The van der Waals surface area contributed by atoms with Crippen molar-refractivity contribution in [1.29, 1.82) is 0 Å². The van der Waals surface area contributed by atoms with E-state index in [2.05, 4.69) is 67.5 Å². The predicted molar refractivity (Wildman–Crippen MR) is 82.0 cm³/mol. The van der Waals surface area contributed by atoms with Crippen LogP contribution in [0.1, 0.15) is 44.5 Å². The average Bonchev–Trinajstić information content (AvgIpc) is 2.66. The van der Waals surface area contributed by atoms with E-state index in [1.807, 2.05) is 0 Å². The number of rotatable bonds is 0. The first-order chi connectivity index (χ1) is 8.25. The van der Waals surface area contributed by atoms with Crippen LogP contribution in [0, 0.1) is 55.4 Å². The summed E-state index contributed by atoms with van der Waals surface area (Å²) >= 11 is 0. The van der Waals surface area contributed by atoms with Crippen molar-refractivity contribution in [2.75, 3.05) is 0 Å². The van der Waals surface area contributed by atoms with Gasteiger partial charge < -0.3 is 24.8 Å². The molecule has 0 aliphatic heterocycles. The van der Waals surface area contributed by atoms with E-state index in [0.717, 1.165) is 0 Å². The fourth-order valence-corrected chi connectivity index (χ4v) is 2.27. The molecule has 2 aromatic carbocycles. The van der Waals surface area contributed by atoms with Crippen molar-refractivity contribution in [3.8, 4) is 0 Å². The van der Waals surface area contributed by atoms with Crippen LogP contribution in [0.3, 0.4) is 0 Å². The molecule has 22 heavy (non-hydrogen) atoms. The molecule has 0 fully saturated rings. The normalized spacial score (nSPS) is 8.36. The maximum atomic E-state index is 2.24. The monoisotopic (exact) mass is 492 g/mol. The summed E-state index contributed by atoms with van der Waals surface area (Å²) in [6.07, 6.45) is 0. The summed E-state index contributed by atoms with van der Waals surface area (Å²) in [6, 6.07) is 4.48. The van der Waals surface area contributed by atoms with Crippen LogP contribution in [-0.2, 0) is 52.4 Å². The van der Waals surface area contributed by atoms with Gasteiger partial charge in [-0.3, -0.25) is 0 Å².